The van der Waals surface area contributed by atoms with Crippen LogP contribution in [-0.2, 0) is 14.3 Å². The number of ether oxygens (including phenoxy) is 2. The summed E-state index contributed by atoms with van der Waals surface area (Å²) >= 11 is 0. The van der Waals surface area contributed by atoms with Crippen LogP contribution in [0, 0.1) is 0 Å². The van der Waals surface area contributed by atoms with Crippen molar-refractivity contribution in [1.29, 1.82) is 0 Å². The molecular weight excluding hydrogens is 304 g/mol. The molecule has 2 fully saturated rings. The molecule has 1 amide bonds. The predicted octanol–water partition coefficient (Wildman–Crippen LogP) is 2.98. The number of likely N-dealkylation sites (tertiary alicyclic amines) is 1. The summed E-state index contributed by atoms with van der Waals surface area (Å²) in [6, 6.07) is 8.11. The standard InChI is InChI=1S/C19H28N2O3/c1-15(2)16-3-5-17(6-4-16)20-18(22)7-10-21-11-8-19(9-12-21)23-13-14-24-19/h3-6,15H,7-14H2,1-2H3,(H,20,22). The van der Waals surface area contributed by atoms with Gasteiger partial charge in [-0.15, -0.1) is 0 Å². The molecule has 2 aliphatic heterocycles. The summed E-state index contributed by atoms with van der Waals surface area (Å²) in [5.74, 6) is 0.239. The van der Waals surface area contributed by atoms with Crippen LogP contribution < -0.4 is 5.32 Å². The van der Waals surface area contributed by atoms with Gasteiger partial charge >= 0.3 is 0 Å². The summed E-state index contributed by atoms with van der Waals surface area (Å²) in [5, 5.41) is 2.98. The summed E-state index contributed by atoms with van der Waals surface area (Å²) in [7, 11) is 0. The molecule has 1 aromatic rings. The molecule has 5 nitrogen and oxygen atoms in total. The van der Waals surface area contributed by atoms with Crippen LogP contribution >= 0.6 is 0 Å². The van der Waals surface area contributed by atoms with Crippen molar-refractivity contribution >= 4 is 11.6 Å². The third-order valence-electron chi connectivity index (χ3n) is 4.95. The Labute approximate surface area is 144 Å². The molecule has 5 heteroatoms. The van der Waals surface area contributed by atoms with Gasteiger partial charge in [-0.3, -0.25) is 4.79 Å². The van der Waals surface area contributed by atoms with Gasteiger partial charge in [0.1, 0.15) is 0 Å². The van der Waals surface area contributed by atoms with Crippen molar-refractivity contribution in [3.05, 3.63) is 29.8 Å². The number of carbonyl (C=O) groups is 1. The number of benzene rings is 1. The van der Waals surface area contributed by atoms with Gasteiger partial charge < -0.3 is 19.7 Å². The van der Waals surface area contributed by atoms with E-state index in [9.17, 15) is 4.79 Å². The molecule has 2 aliphatic rings. The van der Waals surface area contributed by atoms with E-state index in [0.717, 1.165) is 38.2 Å². The highest BCUT2D eigenvalue weighted by molar-refractivity contribution is 5.90. The number of hydrogen-bond acceptors (Lipinski definition) is 4. The Morgan fingerprint density at radius 3 is 2.38 bits per heavy atom. The highest BCUT2D eigenvalue weighted by atomic mass is 16.7. The maximum Gasteiger partial charge on any atom is 0.225 e. The lowest BCUT2D eigenvalue weighted by molar-refractivity contribution is -0.185. The van der Waals surface area contributed by atoms with E-state index < -0.39 is 0 Å². The molecule has 0 aromatic heterocycles. The lowest BCUT2D eigenvalue weighted by Crippen LogP contribution is -2.45. The number of amides is 1. The molecule has 0 radical (unpaired) electrons. The summed E-state index contributed by atoms with van der Waals surface area (Å²) in [5.41, 5.74) is 2.15. The fraction of sp³-hybridized carbons (Fsp3) is 0.632. The molecule has 0 saturated carbocycles. The van der Waals surface area contributed by atoms with Gasteiger partial charge in [0.05, 0.1) is 13.2 Å². The smallest absolute Gasteiger partial charge is 0.225 e. The monoisotopic (exact) mass is 332 g/mol. The van der Waals surface area contributed by atoms with E-state index >= 15 is 0 Å². The summed E-state index contributed by atoms with van der Waals surface area (Å²) in [6.45, 7) is 8.38. The molecular formula is C19H28N2O3. The van der Waals surface area contributed by atoms with Crippen LogP contribution in [0.4, 0.5) is 5.69 Å². The Bertz CT molecular complexity index is 540. The van der Waals surface area contributed by atoms with E-state index in [1.54, 1.807) is 0 Å². The Hall–Kier alpha value is -1.43. The minimum absolute atomic E-state index is 0.0703. The normalized spacial score (nSPS) is 20.6. The third-order valence-corrected chi connectivity index (χ3v) is 4.95. The molecule has 3 rings (SSSR count). The molecule has 0 bridgehead atoms. The SMILES string of the molecule is CC(C)c1ccc(NC(=O)CCN2CCC3(CC2)OCCO3)cc1. The van der Waals surface area contributed by atoms with Crippen molar-refractivity contribution < 1.29 is 14.3 Å². The fourth-order valence-corrected chi connectivity index (χ4v) is 3.34. The van der Waals surface area contributed by atoms with E-state index in [0.29, 0.717) is 25.6 Å². The minimum atomic E-state index is -0.336. The van der Waals surface area contributed by atoms with Gasteiger partial charge in [-0.2, -0.15) is 0 Å². The quantitative estimate of drug-likeness (QED) is 0.901. The average molecular weight is 332 g/mol. The summed E-state index contributed by atoms with van der Waals surface area (Å²) < 4.78 is 11.5. The topological polar surface area (TPSA) is 50.8 Å². The first-order valence-corrected chi connectivity index (χ1v) is 8.96. The van der Waals surface area contributed by atoms with Gasteiger partial charge in [0.15, 0.2) is 5.79 Å². The van der Waals surface area contributed by atoms with Crippen LogP contribution in [-0.4, -0.2) is 49.4 Å². The van der Waals surface area contributed by atoms with Gasteiger partial charge in [-0.1, -0.05) is 26.0 Å². The van der Waals surface area contributed by atoms with E-state index in [-0.39, 0.29) is 11.7 Å². The van der Waals surface area contributed by atoms with Gasteiger partial charge in [0.25, 0.3) is 0 Å². The largest absolute Gasteiger partial charge is 0.347 e. The molecule has 1 spiro atoms. The van der Waals surface area contributed by atoms with E-state index in [4.69, 9.17) is 9.47 Å². The lowest BCUT2D eigenvalue weighted by Gasteiger charge is -2.37. The number of carbonyl (C=O) groups excluding carboxylic acids is 1. The van der Waals surface area contributed by atoms with Crippen LogP contribution in [0.25, 0.3) is 0 Å². The lowest BCUT2D eigenvalue weighted by atomic mass is 10.0. The van der Waals surface area contributed by atoms with E-state index in [2.05, 4.69) is 36.2 Å². The highest BCUT2D eigenvalue weighted by Crippen LogP contribution is 2.31. The van der Waals surface area contributed by atoms with Crippen molar-refractivity contribution in [2.75, 3.05) is 38.2 Å². The molecule has 24 heavy (non-hydrogen) atoms. The molecule has 1 aromatic carbocycles. The first-order chi connectivity index (χ1) is 11.6. The van der Waals surface area contributed by atoms with Crippen LogP contribution in [0.2, 0.25) is 0 Å². The zero-order chi connectivity index (χ0) is 17.0. The zero-order valence-electron chi connectivity index (χ0n) is 14.7. The Kier molecular flexibility index (Phi) is 5.54. The number of rotatable bonds is 5. The zero-order valence-corrected chi connectivity index (χ0v) is 14.7. The predicted molar refractivity (Wildman–Crippen MR) is 94.1 cm³/mol. The Morgan fingerprint density at radius 2 is 1.79 bits per heavy atom. The molecule has 0 unspecified atom stereocenters. The molecule has 0 atom stereocenters. The summed E-state index contributed by atoms with van der Waals surface area (Å²) in [4.78, 5) is 14.5. The third kappa shape index (κ3) is 4.35. The molecule has 0 aliphatic carbocycles. The Morgan fingerprint density at radius 1 is 1.17 bits per heavy atom. The number of hydrogen-bond donors (Lipinski definition) is 1. The van der Waals surface area contributed by atoms with Gasteiger partial charge in [0.2, 0.25) is 5.91 Å². The van der Waals surface area contributed by atoms with Crippen LogP contribution in [0.15, 0.2) is 24.3 Å². The van der Waals surface area contributed by atoms with Gasteiger partial charge in [-0.25, -0.2) is 0 Å². The van der Waals surface area contributed by atoms with Crippen molar-refractivity contribution in [2.45, 2.75) is 44.8 Å². The van der Waals surface area contributed by atoms with Gasteiger partial charge in [-0.05, 0) is 23.6 Å². The Balaban J connectivity index is 1.39. The number of piperidine rings is 1. The molecule has 2 heterocycles. The van der Waals surface area contributed by atoms with Crippen molar-refractivity contribution in [1.82, 2.24) is 4.90 Å². The van der Waals surface area contributed by atoms with Crippen LogP contribution in [0.3, 0.4) is 0 Å². The van der Waals surface area contributed by atoms with Crippen molar-refractivity contribution in [3.8, 4) is 0 Å². The average Bonchev–Trinajstić information content (AvgIpc) is 3.03. The number of nitrogens with zero attached hydrogens (tertiary/aromatic N) is 1. The second-order valence-electron chi connectivity index (χ2n) is 7.02. The number of anilines is 1. The van der Waals surface area contributed by atoms with Crippen LogP contribution in [0.5, 0.6) is 0 Å². The molecule has 2 saturated heterocycles. The van der Waals surface area contributed by atoms with Crippen LogP contribution in [0.1, 0.15) is 44.6 Å². The first kappa shape index (κ1) is 17.4. The molecule has 132 valence electrons. The minimum Gasteiger partial charge on any atom is -0.347 e. The maximum absolute atomic E-state index is 12.1. The fourth-order valence-electron chi connectivity index (χ4n) is 3.34. The highest BCUT2D eigenvalue weighted by Gasteiger charge is 2.39. The van der Waals surface area contributed by atoms with E-state index in [1.807, 2.05) is 12.1 Å². The van der Waals surface area contributed by atoms with E-state index in [1.165, 1.54) is 5.56 Å². The van der Waals surface area contributed by atoms with Gasteiger partial charge in [0, 0.05) is 44.6 Å². The first-order valence-electron chi connectivity index (χ1n) is 8.96. The summed E-state index contributed by atoms with van der Waals surface area (Å²) in [6.07, 6.45) is 2.30. The molecule has 1 N–H and O–H groups in total. The second-order valence-corrected chi connectivity index (χ2v) is 7.02. The second kappa shape index (κ2) is 7.64. The van der Waals surface area contributed by atoms with Crippen molar-refractivity contribution in [2.24, 2.45) is 0 Å². The maximum atomic E-state index is 12.1. The van der Waals surface area contributed by atoms with Crippen molar-refractivity contribution in [3.63, 3.8) is 0 Å². The number of nitrogens with one attached hydrogen (secondary N) is 1.